The lowest BCUT2D eigenvalue weighted by Crippen LogP contribution is -2.48. The molecule has 0 spiro atoms. The molecule has 8 heteroatoms. The van der Waals surface area contributed by atoms with Crippen LogP contribution in [0.1, 0.15) is 19.8 Å². The molecule has 0 aliphatic carbocycles. The highest BCUT2D eigenvalue weighted by Crippen LogP contribution is 2.33. The standard InChI is InChI=1S/C17H20F3N3O2/c1-12-15(24)22(16(25)23(12)14-7-3-2-4-8-14)11-21-9-5-6-13(10-21)17(18,19)20/h2-4,7-8,12-13H,5-6,9-11H2,1H3/t12-,13-/m0/s1. The Kier molecular flexibility index (Phi) is 4.73. The van der Waals surface area contributed by atoms with Crippen molar-refractivity contribution in [1.82, 2.24) is 9.80 Å². The van der Waals surface area contributed by atoms with E-state index in [2.05, 4.69) is 0 Å². The number of hydrogen-bond donors (Lipinski definition) is 0. The van der Waals surface area contributed by atoms with Gasteiger partial charge in [0.05, 0.1) is 12.6 Å². The Labute approximate surface area is 144 Å². The predicted octanol–water partition coefficient (Wildman–Crippen LogP) is 3.08. The van der Waals surface area contributed by atoms with E-state index in [1.807, 2.05) is 0 Å². The first-order chi connectivity index (χ1) is 11.8. The zero-order valence-corrected chi connectivity index (χ0v) is 13.9. The third kappa shape index (κ3) is 3.49. The van der Waals surface area contributed by atoms with Crippen LogP contribution in [0.15, 0.2) is 30.3 Å². The lowest BCUT2D eigenvalue weighted by Gasteiger charge is -2.35. The van der Waals surface area contributed by atoms with Crippen molar-refractivity contribution in [1.29, 1.82) is 0 Å². The largest absolute Gasteiger partial charge is 0.393 e. The van der Waals surface area contributed by atoms with Crippen molar-refractivity contribution in [2.75, 3.05) is 24.7 Å². The summed E-state index contributed by atoms with van der Waals surface area (Å²) in [7, 11) is 0. The zero-order chi connectivity index (χ0) is 18.2. The lowest BCUT2D eigenvalue weighted by atomic mass is 9.98. The third-order valence-corrected chi connectivity index (χ3v) is 4.79. The molecule has 2 fully saturated rings. The van der Waals surface area contributed by atoms with Crippen LogP contribution in [-0.4, -0.2) is 53.7 Å². The number of carbonyl (C=O) groups excluding carboxylic acids is 2. The van der Waals surface area contributed by atoms with E-state index in [-0.39, 0.29) is 25.5 Å². The molecule has 0 aromatic heterocycles. The van der Waals surface area contributed by atoms with Crippen molar-refractivity contribution in [3.05, 3.63) is 30.3 Å². The summed E-state index contributed by atoms with van der Waals surface area (Å²) in [5, 5.41) is 0. The Balaban J connectivity index is 1.73. The third-order valence-electron chi connectivity index (χ3n) is 4.79. The van der Waals surface area contributed by atoms with Gasteiger partial charge in [0.25, 0.3) is 5.91 Å². The molecule has 0 bridgehead atoms. The van der Waals surface area contributed by atoms with Crippen LogP contribution in [0.2, 0.25) is 0 Å². The maximum absolute atomic E-state index is 12.9. The lowest BCUT2D eigenvalue weighted by molar-refractivity contribution is -0.187. The Bertz CT molecular complexity index is 650. The van der Waals surface area contributed by atoms with Crippen molar-refractivity contribution >= 4 is 17.6 Å². The maximum Gasteiger partial charge on any atom is 0.393 e. The first-order valence-corrected chi connectivity index (χ1v) is 8.27. The zero-order valence-electron chi connectivity index (χ0n) is 13.9. The molecule has 2 aliphatic rings. The highest BCUT2D eigenvalue weighted by molar-refractivity contribution is 6.13. The first-order valence-electron chi connectivity index (χ1n) is 8.27. The fourth-order valence-electron chi connectivity index (χ4n) is 3.43. The number of anilines is 1. The van der Waals surface area contributed by atoms with Gasteiger partial charge in [-0.3, -0.25) is 14.6 Å². The van der Waals surface area contributed by atoms with Crippen molar-refractivity contribution in [2.24, 2.45) is 5.92 Å². The van der Waals surface area contributed by atoms with Gasteiger partial charge >= 0.3 is 12.2 Å². The molecule has 5 nitrogen and oxygen atoms in total. The van der Waals surface area contributed by atoms with Crippen LogP contribution in [0.3, 0.4) is 0 Å². The summed E-state index contributed by atoms with van der Waals surface area (Å²) in [4.78, 5) is 29.1. The number of halogens is 3. The number of likely N-dealkylation sites (tertiary alicyclic amines) is 1. The summed E-state index contributed by atoms with van der Waals surface area (Å²) >= 11 is 0. The molecule has 1 aromatic rings. The molecule has 136 valence electrons. The molecule has 0 radical (unpaired) electrons. The second-order valence-electron chi connectivity index (χ2n) is 6.53. The molecule has 3 rings (SSSR count). The van der Waals surface area contributed by atoms with Crippen molar-refractivity contribution in [3.8, 4) is 0 Å². The van der Waals surface area contributed by atoms with Crippen LogP contribution < -0.4 is 4.90 Å². The normalized spacial score (nSPS) is 25.8. The minimum atomic E-state index is -4.25. The Morgan fingerprint density at radius 2 is 1.84 bits per heavy atom. The minimum Gasteiger partial charge on any atom is -0.285 e. The van der Waals surface area contributed by atoms with Crippen LogP contribution in [-0.2, 0) is 4.79 Å². The molecule has 0 saturated carbocycles. The van der Waals surface area contributed by atoms with Gasteiger partial charge in [0, 0.05) is 12.2 Å². The average Bonchev–Trinajstić information content (AvgIpc) is 2.79. The summed E-state index contributed by atoms with van der Waals surface area (Å²) in [6.07, 6.45) is -3.76. The number of rotatable bonds is 3. The molecule has 3 amide bonds. The quantitative estimate of drug-likeness (QED) is 0.783. The molecular weight excluding hydrogens is 335 g/mol. The van der Waals surface area contributed by atoms with Crippen LogP contribution in [0.5, 0.6) is 0 Å². The maximum atomic E-state index is 12.9. The Hall–Kier alpha value is -2.09. The van der Waals surface area contributed by atoms with Gasteiger partial charge in [-0.25, -0.2) is 9.69 Å². The fourth-order valence-corrected chi connectivity index (χ4v) is 3.43. The fraction of sp³-hybridized carbons (Fsp3) is 0.529. The highest BCUT2D eigenvalue weighted by Gasteiger charge is 2.46. The number of urea groups is 1. The second-order valence-corrected chi connectivity index (χ2v) is 6.53. The van der Waals surface area contributed by atoms with Crippen LogP contribution in [0, 0.1) is 5.92 Å². The van der Waals surface area contributed by atoms with E-state index in [9.17, 15) is 22.8 Å². The van der Waals surface area contributed by atoms with E-state index in [1.165, 1.54) is 4.90 Å². The molecular formula is C17H20F3N3O2. The molecule has 2 atom stereocenters. The van der Waals surface area contributed by atoms with Crippen LogP contribution in [0.25, 0.3) is 0 Å². The number of para-hydroxylation sites is 1. The van der Waals surface area contributed by atoms with E-state index in [4.69, 9.17) is 0 Å². The van der Waals surface area contributed by atoms with Gasteiger partial charge in [-0.2, -0.15) is 13.2 Å². The smallest absolute Gasteiger partial charge is 0.285 e. The van der Waals surface area contributed by atoms with Gasteiger partial charge in [-0.1, -0.05) is 18.2 Å². The van der Waals surface area contributed by atoms with Crippen molar-refractivity contribution in [2.45, 2.75) is 32.0 Å². The Morgan fingerprint density at radius 1 is 1.16 bits per heavy atom. The topological polar surface area (TPSA) is 43.9 Å². The Morgan fingerprint density at radius 3 is 2.48 bits per heavy atom. The van der Waals surface area contributed by atoms with Crippen LogP contribution in [0.4, 0.5) is 23.7 Å². The molecule has 2 aliphatic heterocycles. The van der Waals surface area contributed by atoms with Crippen LogP contribution >= 0.6 is 0 Å². The van der Waals surface area contributed by atoms with E-state index in [0.717, 1.165) is 4.90 Å². The van der Waals surface area contributed by atoms with Crippen molar-refractivity contribution in [3.63, 3.8) is 0 Å². The summed E-state index contributed by atoms with van der Waals surface area (Å²) in [5.41, 5.74) is 0.600. The van der Waals surface area contributed by atoms with Gasteiger partial charge < -0.3 is 0 Å². The SMILES string of the molecule is C[C@H]1C(=O)N(CN2CCC[C@H](C(F)(F)F)C2)C(=O)N1c1ccccc1. The number of amides is 3. The predicted molar refractivity (Wildman–Crippen MR) is 85.8 cm³/mol. The molecule has 0 unspecified atom stereocenters. The molecule has 2 saturated heterocycles. The number of hydrogen-bond acceptors (Lipinski definition) is 3. The van der Waals surface area contributed by atoms with Crippen molar-refractivity contribution < 1.29 is 22.8 Å². The summed E-state index contributed by atoms with van der Waals surface area (Å²) in [5.74, 6) is -1.79. The average molecular weight is 355 g/mol. The van der Waals surface area contributed by atoms with E-state index in [1.54, 1.807) is 42.2 Å². The van der Waals surface area contributed by atoms with E-state index in [0.29, 0.717) is 18.7 Å². The second kappa shape index (κ2) is 6.67. The monoisotopic (exact) mass is 355 g/mol. The van der Waals surface area contributed by atoms with Gasteiger partial charge in [0.2, 0.25) is 0 Å². The minimum absolute atomic E-state index is 0.0917. The summed E-state index contributed by atoms with van der Waals surface area (Å²) in [6, 6.07) is 7.63. The summed E-state index contributed by atoms with van der Waals surface area (Å²) < 4.78 is 38.8. The molecule has 25 heavy (non-hydrogen) atoms. The summed E-state index contributed by atoms with van der Waals surface area (Å²) in [6.45, 7) is 1.80. The number of benzene rings is 1. The van der Waals surface area contributed by atoms with Gasteiger partial charge in [0.15, 0.2) is 0 Å². The molecule has 1 aromatic carbocycles. The van der Waals surface area contributed by atoms with E-state index < -0.39 is 24.2 Å². The van der Waals surface area contributed by atoms with Gasteiger partial charge in [-0.05, 0) is 38.4 Å². The number of piperidine rings is 1. The van der Waals surface area contributed by atoms with E-state index >= 15 is 0 Å². The molecule has 0 N–H and O–H groups in total. The first kappa shape index (κ1) is 17.7. The number of carbonyl (C=O) groups is 2. The number of alkyl halides is 3. The number of nitrogens with zero attached hydrogens (tertiary/aromatic N) is 3. The van der Waals surface area contributed by atoms with Gasteiger partial charge in [0.1, 0.15) is 6.04 Å². The highest BCUT2D eigenvalue weighted by atomic mass is 19.4. The molecule has 2 heterocycles. The number of imide groups is 1. The van der Waals surface area contributed by atoms with Gasteiger partial charge in [-0.15, -0.1) is 0 Å².